The molecule has 228 valence electrons. The quantitative estimate of drug-likeness (QED) is 0.0477. The SMILES string of the molecule is CCCCc1nc(Cl)c(C(=O)O)n1Cc1ccc(-c2ccccc2/C(N)=N/N(N)C(=O)c2cccc(CO[N+](=O)[O-])c2)cc1. The number of carbonyl (C=O) groups is 2. The van der Waals surface area contributed by atoms with Gasteiger partial charge in [-0.2, -0.15) is 5.12 Å². The summed E-state index contributed by atoms with van der Waals surface area (Å²) in [5.41, 5.74) is 9.67. The molecule has 1 amide bonds. The van der Waals surface area contributed by atoms with E-state index in [4.69, 9.17) is 23.2 Å². The average molecular weight is 620 g/mol. The molecule has 0 radical (unpaired) electrons. The van der Waals surface area contributed by atoms with E-state index in [1.807, 2.05) is 43.3 Å². The minimum atomic E-state index is -1.14. The summed E-state index contributed by atoms with van der Waals surface area (Å²) in [6.07, 6.45) is 2.38. The number of hydrazine groups is 1. The van der Waals surface area contributed by atoms with Crippen molar-refractivity contribution in [2.75, 3.05) is 0 Å². The van der Waals surface area contributed by atoms with Crippen LogP contribution in [-0.4, -0.2) is 42.6 Å². The van der Waals surface area contributed by atoms with Crippen molar-refractivity contribution in [2.24, 2.45) is 16.7 Å². The van der Waals surface area contributed by atoms with Crippen molar-refractivity contribution in [3.63, 3.8) is 0 Å². The topological polar surface area (TPSA) is 192 Å². The van der Waals surface area contributed by atoms with Crippen molar-refractivity contribution in [3.05, 3.63) is 122 Å². The Morgan fingerprint density at radius 1 is 1.11 bits per heavy atom. The number of carboxylic acids is 1. The van der Waals surface area contributed by atoms with Gasteiger partial charge in [-0.05, 0) is 40.8 Å². The van der Waals surface area contributed by atoms with Crippen LogP contribution in [0.15, 0.2) is 77.9 Å². The number of aryl methyl sites for hydroxylation is 1. The number of hydrazone groups is 1. The third-order valence-corrected chi connectivity index (χ3v) is 6.97. The van der Waals surface area contributed by atoms with Gasteiger partial charge in [-0.25, -0.2) is 15.6 Å². The van der Waals surface area contributed by atoms with Gasteiger partial charge in [0.2, 0.25) is 0 Å². The zero-order chi connectivity index (χ0) is 31.8. The Labute approximate surface area is 257 Å². The van der Waals surface area contributed by atoms with Gasteiger partial charge >= 0.3 is 5.97 Å². The molecule has 0 fully saturated rings. The van der Waals surface area contributed by atoms with Crippen LogP contribution in [0.4, 0.5) is 0 Å². The number of hydrogen-bond donors (Lipinski definition) is 3. The summed E-state index contributed by atoms with van der Waals surface area (Å²) < 4.78 is 1.63. The lowest BCUT2D eigenvalue weighted by Gasteiger charge is -2.15. The molecule has 3 aromatic carbocycles. The smallest absolute Gasteiger partial charge is 0.355 e. The first-order valence-corrected chi connectivity index (χ1v) is 13.9. The highest BCUT2D eigenvalue weighted by Crippen LogP contribution is 2.26. The normalized spacial score (nSPS) is 11.3. The van der Waals surface area contributed by atoms with Crippen LogP contribution in [0.3, 0.4) is 0 Å². The number of carboxylic acid groups (broad SMARTS) is 1. The number of carbonyl (C=O) groups excluding carboxylic acids is 1. The molecule has 14 heteroatoms. The standard InChI is InChI=1S/C30H30ClN7O6/c1-2-3-11-25-34-27(31)26(30(40)41)36(25)17-19-12-14-21(15-13-19)23-9-4-5-10-24(23)28(32)35-37(33)29(39)22-8-6-7-20(16-22)18-44-38(42)43/h4-10,12-16H,2-3,11,17-18,33H2,1H3,(H2,32,35)(H,40,41). The van der Waals surface area contributed by atoms with Crippen molar-refractivity contribution in [2.45, 2.75) is 39.3 Å². The van der Waals surface area contributed by atoms with Gasteiger partial charge in [0.05, 0.1) is 0 Å². The second-order valence-electron chi connectivity index (χ2n) is 9.74. The molecule has 5 N–H and O–H groups in total. The summed E-state index contributed by atoms with van der Waals surface area (Å²) in [4.78, 5) is 43.9. The van der Waals surface area contributed by atoms with E-state index in [1.54, 1.807) is 28.8 Å². The fourth-order valence-electron chi connectivity index (χ4n) is 4.57. The largest absolute Gasteiger partial charge is 0.476 e. The summed E-state index contributed by atoms with van der Waals surface area (Å²) in [6.45, 7) is 1.99. The molecule has 44 heavy (non-hydrogen) atoms. The zero-order valence-electron chi connectivity index (χ0n) is 23.7. The highest BCUT2D eigenvalue weighted by molar-refractivity contribution is 6.32. The Bertz CT molecular complexity index is 1700. The number of nitrogens with two attached hydrogens (primary N) is 2. The monoisotopic (exact) mass is 619 g/mol. The first-order valence-electron chi connectivity index (χ1n) is 13.5. The number of nitrogens with zero attached hydrogens (tertiary/aromatic N) is 5. The highest BCUT2D eigenvalue weighted by Gasteiger charge is 2.22. The lowest BCUT2D eigenvalue weighted by molar-refractivity contribution is -0.763. The number of unbranched alkanes of at least 4 members (excludes halogenated alkanes) is 1. The van der Waals surface area contributed by atoms with Crippen LogP contribution < -0.4 is 11.6 Å². The first-order chi connectivity index (χ1) is 21.1. The van der Waals surface area contributed by atoms with Crippen molar-refractivity contribution in [1.29, 1.82) is 0 Å². The summed E-state index contributed by atoms with van der Waals surface area (Å²) >= 11 is 6.17. The maximum atomic E-state index is 12.9. The van der Waals surface area contributed by atoms with Gasteiger partial charge in [0.1, 0.15) is 12.4 Å². The predicted molar refractivity (Wildman–Crippen MR) is 163 cm³/mol. The van der Waals surface area contributed by atoms with Gasteiger partial charge in [0.25, 0.3) is 11.0 Å². The fraction of sp³-hybridized carbons (Fsp3) is 0.200. The third-order valence-electron chi connectivity index (χ3n) is 6.70. The van der Waals surface area contributed by atoms with Crippen molar-refractivity contribution >= 4 is 29.3 Å². The van der Waals surface area contributed by atoms with E-state index >= 15 is 0 Å². The molecule has 0 aliphatic carbocycles. The van der Waals surface area contributed by atoms with E-state index in [0.29, 0.717) is 28.5 Å². The minimum absolute atomic E-state index is 0.0203. The Morgan fingerprint density at radius 3 is 2.52 bits per heavy atom. The van der Waals surface area contributed by atoms with Crippen LogP contribution in [0.5, 0.6) is 0 Å². The van der Waals surface area contributed by atoms with Crippen LogP contribution in [0.2, 0.25) is 5.15 Å². The van der Waals surface area contributed by atoms with E-state index in [-0.39, 0.29) is 35.4 Å². The number of aromatic nitrogens is 2. The van der Waals surface area contributed by atoms with Crippen LogP contribution in [0, 0.1) is 10.1 Å². The van der Waals surface area contributed by atoms with Crippen LogP contribution >= 0.6 is 11.6 Å². The van der Waals surface area contributed by atoms with Crippen molar-refractivity contribution in [3.8, 4) is 11.1 Å². The molecule has 0 atom stereocenters. The number of amidine groups is 1. The van der Waals surface area contributed by atoms with Gasteiger partial charge < -0.3 is 20.2 Å². The van der Waals surface area contributed by atoms with Gasteiger partial charge in [-0.3, -0.25) is 4.79 Å². The molecule has 13 nitrogen and oxygen atoms in total. The summed E-state index contributed by atoms with van der Waals surface area (Å²) in [6, 6.07) is 20.7. The molecule has 1 aromatic heterocycles. The second-order valence-corrected chi connectivity index (χ2v) is 10.1. The molecule has 0 saturated carbocycles. The molecule has 4 aromatic rings. The van der Waals surface area contributed by atoms with E-state index in [0.717, 1.165) is 29.5 Å². The van der Waals surface area contributed by atoms with E-state index in [1.165, 1.54) is 12.1 Å². The molecular formula is C30H30ClN7O6. The van der Waals surface area contributed by atoms with Crippen LogP contribution in [0.1, 0.15) is 63.1 Å². The number of amides is 1. The van der Waals surface area contributed by atoms with Gasteiger partial charge in [0.15, 0.2) is 16.7 Å². The molecular weight excluding hydrogens is 590 g/mol. The molecule has 0 aliphatic rings. The molecule has 0 aliphatic heterocycles. The maximum Gasteiger partial charge on any atom is 0.355 e. The molecule has 0 spiro atoms. The number of rotatable bonds is 13. The van der Waals surface area contributed by atoms with Crippen LogP contribution in [0.25, 0.3) is 11.1 Å². The minimum Gasteiger partial charge on any atom is -0.476 e. The molecule has 4 rings (SSSR count). The van der Waals surface area contributed by atoms with Gasteiger partial charge in [0, 0.05) is 24.1 Å². The number of imidazole rings is 1. The third kappa shape index (κ3) is 7.56. The second kappa shape index (κ2) is 14.3. The van der Waals surface area contributed by atoms with E-state index in [9.17, 15) is 24.8 Å². The molecule has 0 bridgehead atoms. The zero-order valence-corrected chi connectivity index (χ0v) is 24.5. The molecule has 1 heterocycles. The first kappa shape index (κ1) is 31.7. The van der Waals surface area contributed by atoms with Gasteiger partial charge in [-0.1, -0.05) is 85.6 Å². The number of hydrogen-bond acceptors (Lipinski definition) is 8. The Morgan fingerprint density at radius 2 is 1.84 bits per heavy atom. The fourth-order valence-corrected chi connectivity index (χ4v) is 4.85. The summed E-state index contributed by atoms with van der Waals surface area (Å²) in [5, 5.41) is 23.9. The Balaban J connectivity index is 1.56. The molecule has 0 unspecified atom stereocenters. The van der Waals surface area contributed by atoms with Crippen molar-refractivity contribution < 1.29 is 24.6 Å². The number of aromatic carboxylic acids is 1. The number of benzene rings is 3. The summed E-state index contributed by atoms with van der Waals surface area (Å²) in [5.74, 6) is 4.71. The van der Waals surface area contributed by atoms with Crippen molar-refractivity contribution in [1.82, 2.24) is 14.7 Å². The Hall–Kier alpha value is -5.27. The van der Waals surface area contributed by atoms with E-state index in [2.05, 4.69) is 14.9 Å². The van der Waals surface area contributed by atoms with Gasteiger partial charge in [-0.15, -0.1) is 15.2 Å². The Kier molecular flexibility index (Phi) is 10.3. The van der Waals surface area contributed by atoms with E-state index < -0.39 is 17.0 Å². The van der Waals surface area contributed by atoms with Crippen LogP contribution in [-0.2, 0) is 24.4 Å². The summed E-state index contributed by atoms with van der Waals surface area (Å²) in [7, 11) is 0. The highest BCUT2D eigenvalue weighted by atomic mass is 35.5. The maximum absolute atomic E-state index is 12.9. The number of halogens is 1. The predicted octanol–water partition coefficient (Wildman–Crippen LogP) is 4.64. The lowest BCUT2D eigenvalue weighted by atomic mass is 9.98. The average Bonchev–Trinajstić information content (AvgIpc) is 3.33. The lowest BCUT2D eigenvalue weighted by Crippen LogP contribution is -2.35. The molecule has 0 saturated heterocycles.